The number of carbonyl (C=O) groups is 1. The minimum atomic E-state index is -3.44. The molecule has 0 aromatic heterocycles. The molecule has 0 aliphatic rings. The van der Waals surface area contributed by atoms with E-state index in [-0.39, 0.29) is 35.3 Å². The van der Waals surface area contributed by atoms with Crippen LogP contribution < -0.4 is 39.4 Å². The quantitative estimate of drug-likeness (QED) is 0.340. The molecule has 0 radical (unpaired) electrons. The normalized spacial score (nSPS) is 10.9. The van der Waals surface area contributed by atoms with E-state index in [0.717, 1.165) is 25.7 Å². The Hall–Kier alpha value is 0.380. The van der Waals surface area contributed by atoms with E-state index in [2.05, 4.69) is 6.92 Å². The van der Waals surface area contributed by atoms with Crippen LogP contribution in [0.25, 0.3) is 0 Å². The predicted octanol–water partition coefficient (Wildman–Crippen LogP) is -2.98. The molecule has 0 amide bonds. The Kier molecular flexibility index (Phi) is 13.3. The van der Waals surface area contributed by atoms with E-state index in [1.807, 2.05) is 4.72 Å². The topological polar surface area (TPSA) is 86.3 Å². The fourth-order valence-electron chi connectivity index (χ4n) is 1.31. The number of hydrogen-bond donors (Lipinski definition) is 1. The summed E-state index contributed by atoms with van der Waals surface area (Å²) >= 11 is 0. The van der Waals surface area contributed by atoms with E-state index < -0.39 is 22.5 Å². The van der Waals surface area contributed by atoms with Gasteiger partial charge in [0.05, 0.1) is 18.3 Å². The second-order valence-corrected chi connectivity index (χ2v) is 5.71. The van der Waals surface area contributed by atoms with Crippen LogP contribution in [0.15, 0.2) is 0 Å². The van der Waals surface area contributed by atoms with Crippen LogP contribution in [0.5, 0.6) is 0 Å². The zero-order chi connectivity index (χ0) is 12.4. The molecule has 0 rings (SSSR count). The Bertz CT molecular complexity index is 293. The van der Waals surface area contributed by atoms with Crippen molar-refractivity contribution in [2.24, 2.45) is 0 Å². The van der Waals surface area contributed by atoms with Gasteiger partial charge in [0.2, 0.25) is 10.0 Å². The second-order valence-electron chi connectivity index (χ2n) is 3.78. The summed E-state index contributed by atoms with van der Waals surface area (Å²) in [7, 11) is -3.44. The zero-order valence-electron chi connectivity index (χ0n) is 10.7. The monoisotopic (exact) mass is 273 g/mol. The molecule has 0 aliphatic heterocycles. The fraction of sp³-hybridized carbons (Fsp3) is 0.900. The molecule has 0 unspecified atom stereocenters. The van der Waals surface area contributed by atoms with Crippen molar-refractivity contribution in [2.75, 3.05) is 12.3 Å². The van der Waals surface area contributed by atoms with Gasteiger partial charge in [-0.2, -0.15) is 0 Å². The third kappa shape index (κ3) is 14.3. The van der Waals surface area contributed by atoms with E-state index in [4.69, 9.17) is 0 Å². The summed E-state index contributed by atoms with van der Waals surface area (Å²) in [4.78, 5) is 10.1. The number of sulfonamides is 1. The van der Waals surface area contributed by atoms with Crippen LogP contribution in [0.2, 0.25) is 0 Å². The van der Waals surface area contributed by atoms with Crippen LogP contribution >= 0.6 is 0 Å². The number of nitrogens with one attached hydrogen (secondary N) is 1. The predicted molar refractivity (Wildman–Crippen MR) is 60.2 cm³/mol. The molecular formula is C10H20NNaO4S. The van der Waals surface area contributed by atoms with Gasteiger partial charge in [-0.15, -0.1) is 0 Å². The number of rotatable bonds is 10. The van der Waals surface area contributed by atoms with Crippen molar-refractivity contribution >= 4 is 16.0 Å². The molecule has 0 aliphatic carbocycles. The first kappa shape index (κ1) is 19.7. The van der Waals surface area contributed by atoms with Gasteiger partial charge in [-0.3, -0.25) is 0 Å². The molecule has 0 saturated heterocycles. The van der Waals surface area contributed by atoms with Crippen LogP contribution in [0.4, 0.5) is 0 Å². The number of aliphatic carboxylic acids is 1. The number of unbranched alkanes of at least 4 members (excludes halogenated alkanes) is 5. The first-order valence-corrected chi connectivity index (χ1v) is 7.30. The molecule has 1 N–H and O–H groups in total. The smallest absolute Gasteiger partial charge is 0.549 e. The molecule has 0 spiro atoms. The van der Waals surface area contributed by atoms with Gasteiger partial charge in [-0.05, 0) is 6.42 Å². The molecule has 96 valence electrons. The first-order valence-electron chi connectivity index (χ1n) is 5.65. The van der Waals surface area contributed by atoms with E-state index in [1.165, 1.54) is 6.42 Å². The SMILES string of the molecule is CCCCCCCCS(=O)(=O)NCC(=O)[O-].[Na+]. The average molecular weight is 273 g/mol. The van der Waals surface area contributed by atoms with Gasteiger partial charge in [-0.1, -0.05) is 39.0 Å². The summed E-state index contributed by atoms with van der Waals surface area (Å²) in [5, 5.41) is 10.1. The van der Waals surface area contributed by atoms with Gasteiger partial charge in [0.1, 0.15) is 0 Å². The van der Waals surface area contributed by atoms with Crippen molar-refractivity contribution in [3.8, 4) is 0 Å². The Morgan fingerprint density at radius 2 is 1.65 bits per heavy atom. The van der Waals surface area contributed by atoms with E-state index in [9.17, 15) is 18.3 Å². The molecule has 0 heterocycles. The molecule has 5 nitrogen and oxygen atoms in total. The Labute approximate surface area is 126 Å². The van der Waals surface area contributed by atoms with Crippen molar-refractivity contribution in [1.82, 2.24) is 4.72 Å². The minimum Gasteiger partial charge on any atom is -0.549 e. The zero-order valence-corrected chi connectivity index (χ0v) is 13.5. The van der Waals surface area contributed by atoms with Gasteiger partial charge in [-0.25, -0.2) is 13.1 Å². The minimum absolute atomic E-state index is 0. The fourth-order valence-corrected chi connectivity index (χ4v) is 2.38. The van der Waals surface area contributed by atoms with Crippen molar-refractivity contribution in [2.45, 2.75) is 45.4 Å². The third-order valence-corrected chi connectivity index (χ3v) is 3.61. The molecule has 0 atom stereocenters. The summed E-state index contributed by atoms with van der Waals surface area (Å²) in [5.41, 5.74) is 0. The van der Waals surface area contributed by atoms with Crippen LogP contribution in [0, 0.1) is 0 Å². The number of carboxylic acid groups (broad SMARTS) is 1. The van der Waals surface area contributed by atoms with Crippen LogP contribution in [0.3, 0.4) is 0 Å². The van der Waals surface area contributed by atoms with Gasteiger partial charge < -0.3 is 9.90 Å². The van der Waals surface area contributed by atoms with Gasteiger partial charge >= 0.3 is 29.6 Å². The summed E-state index contributed by atoms with van der Waals surface area (Å²) in [6, 6.07) is 0. The number of hydrogen-bond acceptors (Lipinski definition) is 4. The summed E-state index contributed by atoms with van der Waals surface area (Å²) < 4.78 is 24.4. The molecule has 0 aromatic rings. The third-order valence-electron chi connectivity index (χ3n) is 2.20. The Morgan fingerprint density at radius 3 is 2.18 bits per heavy atom. The molecule has 7 heteroatoms. The van der Waals surface area contributed by atoms with Gasteiger partial charge in [0.25, 0.3) is 0 Å². The van der Waals surface area contributed by atoms with Crippen molar-refractivity contribution < 1.29 is 47.9 Å². The summed E-state index contributed by atoms with van der Waals surface area (Å²) in [6.07, 6.45) is 5.94. The standard InChI is InChI=1S/C10H21NO4S.Na/c1-2-3-4-5-6-7-8-16(14,15)11-9-10(12)13;/h11H,2-9H2,1H3,(H,12,13);/q;+1/p-1. The summed E-state index contributed by atoms with van der Waals surface area (Å²) in [6.45, 7) is 1.48. The molecule has 0 fully saturated rings. The number of carbonyl (C=O) groups excluding carboxylic acids is 1. The molecule has 0 aromatic carbocycles. The van der Waals surface area contributed by atoms with Gasteiger partial charge in [0.15, 0.2) is 0 Å². The maximum atomic E-state index is 11.2. The first-order chi connectivity index (χ1) is 7.48. The van der Waals surface area contributed by atoms with Crippen molar-refractivity contribution in [3.05, 3.63) is 0 Å². The molecule has 0 bridgehead atoms. The van der Waals surface area contributed by atoms with E-state index in [1.54, 1.807) is 0 Å². The summed E-state index contributed by atoms with van der Waals surface area (Å²) in [5.74, 6) is -1.42. The van der Waals surface area contributed by atoms with Crippen LogP contribution in [-0.4, -0.2) is 26.7 Å². The van der Waals surface area contributed by atoms with E-state index in [0.29, 0.717) is 6.42 Å². The van der Waals surface area contributed by atoms with Crippen LogP contribution in [0.1, 0.15) is 45.4 Å². The largest absolute Gasteiger partial charge is 1.00 e. The maximum absolute atomic E-state index is 11.2. The van der Waals surface area contributed by atoms with Gasteiger partial charge in [0, 0.05) is 0 Å². The Balaban J connectivity index is 0. The Morgan fingerprint density at radius 1 is 1.12 bits per heavy atom. The van der Waals surface area contributed by atoms with Crippen molar-refractivity contribution in [3.63, 3.8) is 0 Å². The molecular weight excluding hydrogens is 253 g/mol. The number of carboxylic acids is 1. The average Bonchev–Trinajstić information content (AvgIpc) is 2.21. The maximum Gasteiger partial charge on any atom is 1.00 e. The van der Waals surface area contributed by atoms with E-state index >= 15 is 0 Å². The van der Waals surface area contributed by atoms with Crippen molar-refractivity contribution in [1.29, 1.82) is 0 Å². The second kappa shape index (κ2) is 11.5. The molecule has 17 heavy (non-hydrogen) atoms. The van der Waals surface area contributed by atoms with Crippen LogP contribution in [-0.2, 0) is 14.8 Å². The molecule has 0 saturated carbocycles.